The number of amides is 1. The number of nitrogens with zero attached hydrogens (tertiary/aromatic N) is 1. The molecule has 0 radical (unpaired) electrons. The number of primary amides is 1. The van der Waals surface area contributed by atoms with Gasteiger partial charge in [-0.15, -0.1) is 0 Å². The maximum atomic E-state index is 10.7. The predicted molar refractivity (Wildman–Crippen MR) is 54.0 cm³/mol. The van der Waals surface area contributed by atoms with Crippen LogP contribution in [0.2, 0.25) is 0 Å². The van der Waals surface area contributed by atoms with Crippen LogP contribution >= 0.6 is 0 Å². The van der Waals surface area contributed by atoms with Gasteiger partial charge in [0.2, 0.25) is 5.91 Å². The van der Waals surface area contributed by atoms with E-state index in [1.807, 2.05) is 0 Å². The van der Waals surface area contributed by atoms with Crippen LogP contribution in [0, 0.1) is 10.1 Å². The van der Waals surface area contributed by atoms with Crippen LogP contribution in [0.5, 0.6) is 0 Å². The van der Waals surface area contributed by atoms with Crippen molar-refractivity contribution in [3.8, 4) is 0 Å². The van der Waals surface area contributed by atoms with Gasteiger partial charge in [0.15, 0.2) is 0 Å². The van der Waals surface area contributed by atoms with Gasteiger partial charge >= 0.3 is 0 Å². The molecule has 0 saturated heterocycles. The number of carbonyl (C=O) groups is 1. The molecule has 0 spiro atoms. The second-order valence-corrected chi connectivity index (χ2v) is 3.14. The quantitative estimate of drug-likeness (QED) is 0.534. The van der Waals surface area contributed by atoms with Crippen molar-refractivity contribution in [2.24, 2.45) is 11.5 Å². The minimum Gasteiger partial charge on any atom is -0.368 e. The van der Waals surface area contributed by atoms with E-state index in [9.17, 15) is 14.9 Å². The fraction of sp³-hybridized carbons (Fsp3) is 0.222. The van der Waals surface area contributed by atoms with E-state index in [1.165, 1.54) is 12.1 Å². The van der Waals surface area contributed by atoms with Gasteiger partial charge in [-0.1, -0.05) is 12.1 Å². The Morgan fingerprint density at radius 1 is 1.53 bits per heavy atom. The molecule has 0 aliphatic heterocycles. The molecule has 80 valence electrons. The zero-order valence-corrected chi connectivity index (χ0v) is 7.92. The fourth-order valence-corrected chi connectivity index (χ4v) is 1.15. The first-order valence-electron chi connectivity index (χ1n) is 4.29. The van der Waals surface area contributed by atoms with Crippen LogP contribution in [0.3, 0.4) is 0 Å². The van der Waals surface area contributed by atoms with E-state index < -0.39 is 16.9 Å². The first kappa shape index (κ1) is 11.1. The number of nitro groups is 1. The van der Waals surface area contributed by atoms with Crippen molar-refractivity contribution in [3.63, 3.8) is 0 Å². The summed E-state index contributed by atoms with van der Waals surface area (Å²) in [5, 5.41) is 10.5. The minimum absolute atomic E-state index is 0.0239. The predicted octanol–water partition coefficient (Wildman–Crippen LogP) is -0.0501. The summed E-state index contributed by atoms with van der Waals surface area (Å²) in [6.07, 6.45) is 0.205. The lowest BCUT2D eigenvalue weighted by Crippen LogP contribution is -2.38. The lowest BCUT2D eigenvalue weighted by Gasteiger charge is -2.06. The van der Waals surface area contributed by atoms with Crippen molar-refractivity contribution in [2.75, 3.05) is 0 Å². The van der Waals surface area contributed by atoms with Crippen molar-refractivity contribution in [3.05, 3.63) is 39.9 Å². The summed E-state index contributed by atoms with van der Waals surface area (Å²) in [6, 6.07) is 5.14. The second-order valence-electron chi connectivity index (χ2n) is 3.14. The molecule has 15 heavy (non-hydrogen) atoms. The lowest BCUT2D eigenvalue weighted by atomic mass is 10.1. The van der Waals surface area contributed by atoms with Gasteiger partial charge < -0.3 is 11.5 Å². The van der Waals surface area contributed by atoms with E-state index >= 15 is 0 Å². The average Bonchev–Trinajstić information content (AvgIpc) is 2.18. The number of hydrogen-bond acceptors (Lipinski definition) is 4. The molecule has 0 fully saturated rings. The maximum Gasteiger partial charge on any atom is 0.269 e. The van der Waals surface area contributed by atoms with Gasteiger partial charge in [0, 0.05) is 12.1 Å². The Bertz CT molecular complexity index is 392. The van der Waals surface area contributed by atoms with Crippen molar-refractivity contribution in [1.82, 2.24) is 0 Å². The van der Waals surface area contributed by atoms with Gasteiger partial charge in [-0.25, -0.2) is 0 Å². The molecule has 4 N–H and O–H groups in total. The highest BCUT2D eigenvalue weighted by molar-refractivity contribution is 5.79. The topological polar surface area (TPSA) is 112 Å². The summed E-state index contributed by atoms with van der Waals surface area (Å²) in [7, 11) is 0. The van der Waals surface area contributed by atoms with E-state index in [0.29, 0.717) is 5.56 Å². The van der Waals surface area contributed by atoms with Crippen LogP contribution in [0.1, 0.15) is 5.56 Å². The van der Waals surface area contributed by atoms with Gasteiger partial charge in [0.1, 0.15) is 0 Å². The molecule has 1 unspecified atom stereocenters. The van der Waals surface area contributed by atoms with E-state index in [4.69, 9.17) is 11.5 Å². The molecule has 6 heteroatoms. The third kappa shape index (κ3) is 3.03. The summed E-state index contributed by atoms with van der Waals surface area (Å²) in [5.74, 6) is -0.624. The summed E-state index contributed by atoms with van der Waals surface area (Å²) in [6.45, 7) is 0. The monoisotopic (exact) mass is 209 g/mol. The van der Waals surface area contributed by atoms with Gasteiger partial charge in [0.25, 0.3) is 5.69 Å². The smallest absolute Gasteiger partial charge is 0.269 e. The highest BCUT2D eigenvalue weighted by atomic mass is 16.6. The molecule has 6 nitrogen and oxygen atoms in total. The van der Waals surface area contributed by atoms with Crippen molar-refractivity contribution < 1.29 is 9.72 Å². The van der Waals surface area contributed by atoms with E-state index in [-0.39, 0.29) is 12.1 Å². The highest BCUT2D eigenvalue weighted by Gasteiger charge is 2.12. The van der Waals surface area contributed by atoms with Crippen LogP contribution in [-0.4, -0.2) is 16.9 Å². The fourth-order valence-electron chi connectivity index (χ4n) is 1.15. The molecule has 0 aliphatic carbocycles. The minimum atomic E-state index is -0.813. The zero-order chi connectivity index (χ0) is 11.4. The molecule has 1 atom stereocenters. The van der Waals surface area contributed by atoms with Crippen LogP contribution < -0.4 is 11.5 Å². The SMILES string of the molecule is NC(=O)C(N)Cc1cccc([N+](=O)[O-])c1. The van der Waals surface area contributed by atoms with Crippen molar-refractivity contribution in [2.45, 2.75) is 12.5 Å². The van der Waals surface area contributed by atoms with Crippen molar-refractivity contribution in [1.29, 1.82) is 0 Å². The zero-order valence-electron chi connectivity index (χ0n) is 7.92. The number of rotatable bonds is 4. The molecular formula is C9H11N3O3. The third-order valence-corrected chi connectivity index (χ3v) is 1.94. The number of carbonyl (C=O) groups excluding carboxylic acids is 1. The van der Waals surface area contributed by atoms with Crippen LogP contribution in [0.25, 0.3) is 0 Å². The molecule has 0 aromatic heterocycles. The Kier molecular flexibility index (Phi) is 3.35. The highest BCUT2D eigenvalue weighted by Crippen LogP contribution is 2.13. The first-order chi connectivity index (χ1) is 7.00. The first-order valence-corrected chi connectivity index (χ1v) is 4.29. The summed E-state index contributed by atoms with van der Waals surface area (Å²) >= 11 is 0. The Balaban J connectivity index is 2.82. The maximum absolute atomic E-state index is 10.7. The summed E-state index contributed by atoms with van der Waals surface area (Å²) in [4.78, 5) is 20.6. The molecule has 0 aliphatic rings. The lowest BCUT2D eigenvalue weighted by molar-refractivity contribution is -0.384. The van der Waals surface area contributed by atoms with Crippen LogP contribution in [-0.2, 0) is 11.2 Å². The van der Waals surface area contributed by atoms with Crippen LogP contribution in [0.4, 0.5) is 5.69 Å². The Labute approximate surface area is 86.0 Å². The molecule has 1 amide bonds. The summed E-state index contributed by atoms with van der Waals surface area (Å²) in [5.41, 5.74) is 11.0. The largest absolute Gasteiger partial charge is 0.368 e. The van der Waals surface area contributed by atoms with Gasteiger partial charge in [0.05, 0.1) is 11.0 Å². The molecule has 0 heterocycles. The third-order valence-electron chi connectivity index (χ3n) is 1.94. The number of benzene rings is 1. The molecule has 0 bridgehead atoms. The normalized spacial score (nSPS) is 12.1. The molecule has 0 saturated carbocycles. The van der Waals surface area contributed by atoms with Gasteiger partial charge in [-0.05, 0) is 12.0 Å². The van der Waals surface area contributed by atoms with Crippen molar-refractivity contribution >= 4 is 11.6 Å². The number of nitrogens with two attached hydrogens (primary N) is 2. The Morgan fingerprint density at radius 3 is 2.73 bits per heavy atom. The van der Waals surface area contributed by atoms with E-state index in [0.717, 1.165) is 0 Å². The molecule has 1 aromatic rings. The standard InChI is InChI=1S/C9H11N3O3/c10-8(9(11)13)5-6-2-1-3-7(4-6)12(14)15/h1-4,8H,5,10H2,(H2,11,13). The summed E-state index contributed by atoms with van der Waals surface area (Å²) < 4.78 is 0. The van der Waals surface area contributed by atoms with E-state index in [1.54, 1.807) is 12.1 Å². The molecular weight excluding hydrogens is 198 g/mol. The van der Waals surface area contributed by atoms with Gasteiger partial charge in [-0.3, -0.25) is 14.9 Å². The second kappa shape index (κ2) is 4.52. The number of hydrogen-bond donors (Lipinski definition) is 2. The number of nitro benzene ring substituents is 1. The van der Waals surface area contributed by atoms with E-state index in [2.05, 4.69) is 0 Å². The average molecular weight is 209 g/mol. The number of non-ortho nitro benzene ring substituents is 1. The Hall–Kier alpha value is -1.95. The molecule has 1 aromatic carbocycles. The molecule has 1 rings (SSSR count). The Morgan fingerprint density at radius 2 is 2.20 bits per heavy atom. The van der Waals surface area contributed by atoms with Gasteiger partial charge in [-0.2, -0.15) is 0 Å². The van der Waals surface area contributed by atoms with Crippen LogP contribution in [0.15, 0.2) is 24.3 Å².